The van der Waals surface area contributed by atoms with E-state index in [1.807, 2.05) is 0 Å². The third-order valence-corrected chi connectivity index (χ3v) is 25.9. The standard InChI is InChI=1S/C78H122O44/c79-23-45-54(90)60(96)66(102)74(116-45)112-41-21-34(83)20-40-35(41)22-44(71(110-40)32-7-9-33(82)10-8-32)115-78-72(122-77-70(106)64(100)58(94)49(120-77)27-108-53(89)16-6-31-2-12-37(85)43(19-31)114-76-68(104)62(98)56(92)47(25-81)118-76)65(101)59(95)50(121-78)28-109-51(87)14-4-29-3-13-39(38(86)17-29)111-73-69(105)63(99)57(93)48(119-73)26-107-52(88)15-5-30-1-11-36(84)42(18-30)113-75-67(103)61(97)55(91)46(24-80)117-75/h4-6,14-16,29-50,54-86,90-106H,1-3,7-13,17-28H2/p+1. The Morgan fingerprint density at radius 1 is 0.295 bits per heavy atom. The summed E-state index contributed by atoms with van der Waals surface area (Å²) in [4.78, 5) is 40.1. The Morgan fingerprint density at radius 3 is 1.05 bits per heavy atom. The van der Waals surface area contributed by atoms with Crippen LogP contribution in [0.25, 0.3) is 0 Å². The van der Waals surface area contributed by atoms with Crippen LogP contribution in [0.2, 0.25) is 0 Å². The van der Waals surface area contributed by atoms with Gasteiger partial charge in [0, 0.05) is 37.0 Å². The van der Waals surface area contributed by atoms with Gasteiger partial charge in [-0.25, -0.2) is 14.4 Å². The maximum atomic E-state index is 13.7. The second-order valence-corrected chi connectivity index (χ2v) is 34.3. The van der Waals surface area contributed by atoms with E-state index in [1.54, 1.807) is 0 Å². The van der Waals surface area contributed by atoms with Crippen LogP contribution in [0.15, 0.2) is 36.5 Å². The van der Waals surface area contributed by atoms with Crippen LogP contribution in [0.3, 0.4) is 0 Å². The number of ether oxygens (including phenoxy) is 16. The molecule has 0 bridgehead atoms. The number of hydrogen-bond donors (Lipinski definition) is 25. The first kappa shape index (κ1) is 97.2. The highest BCUT2D eigenvalue weighted by molar-refractivity contribution is 5.82. The molecule has 0 aromatic carbocycles. The Kier molecular flexibility index (Phi) is 34.8. The zero-order valence-electron chi connectivity index (χ0n) is 66.6. The lowest BCUT2D eigenvalue weighted by molar-refractivity contribution is -0.389. The topological polar surface area (TPSA) is 708 Å². The van der Waals surface area contributed by atoms with Gasteiger partial charge in [0.05, 0.1) is 80.7 Å². The third kappa shape index (κ3) is 23.3. The van der Waals surface area contributed by atoms with Crippen LogP contribution in [-0.2, 0) is 85.4 Å². The molecule has 12 aliphatic rings. The van der Waals surface area contributed by atoms with Gasteiger partial charge in [-0.3, -0.25) is 0 Å². The number of hydrogen-bond acceptors (Lipinski definition) is 43. The van der Waals surface area contributed by atoms with Crippen LogP contribution in [0, 0.1) is 29.6 Å². The van der Waals surface area contributed by atoms with Crippen LogP contribution in [-0.4, -0.2) is 447 Å². The fraction of sp³-hybridized carbons (Fsp3) is 0.885. The molecule has 7 aliphatic heterocycles. The molecule has 7 saturated heterocycles. The molecule has 5 saturated carbocycles. The molecule has 0 aromatic heterocycles. The van der Waals surface area contributed by atoms with Crippen molar-refractivity contribution in [1.82, 2.24) is 0 Å². The summed E-state index contributed by atoms with van der Waals surface area (Å²) in [6.45, 7) is -4.50. The number of esters is 3. The number of fused-ring (bicyclic) bond motifs is 1. The van der Waals surface area contributed by atoms with Gasteiger partial charge < -0.3 is 203 Å². The van der Waals surface area contributed by atoms with Crippen molar-refractivity contribution < 1.29 is 218 Å². The zero-order valence-corrected chi connectivity index (χ0v) is 66.6. The first-order valence-corrected chi connectivity index (χ1v) is 42.0. The van der Waals surface area contributed by atoms with Crippen LogP contribution in [0.1, 0.15) is 103 Å². The van der Waals surface area contributed by atoms with Gasteiger partial charge in [0.25, 0.3) is 0 Å². The summed E-state index contributed by atoms with van der Waals surface area (Å²) >= 11 is 0. The highest BCUT2D eigenvalue weighted by atomic mass is 16.8. The molecule has 122 heavy (non-hydrogen) atoms. The Balaban J connectivity index is 0.684. The number of aliphatic hydroxyl groups is 27. The van der Waals surface area contributed by atoms with Crippen molar-refractivity contribution in [2.45, 2.75) is 360 Å². The fourth-order valence-corrected chi connectivity index (χ4v) is 18.5. The summed E-state index contributed by atoms with van der Waals surface area (Å²) in [6.07, 6.45) is -54.3. The van der Waals surface area contributed by atoms with Crippen molar-refractivity contribution in [3.05, 3.63) is 36.5 Å². The molecule has 12 fully saturated rings. The van der Waals surface area contributed by atoms with Crippen molar-refractivity contribution in [2.24, 2.45) is 29.6 Å². The number of allylic oxidation sites excluding steroid dienone is 3. The van der Waals surface area contributed by atoms with Gasteiger partial charge in [-0.2, -0.15) is 0 Å². The van der Waals surface area contributed by atoms with Crippen molar-refractivity contribution in [3.8, 4) is 0 Å². The largest absolute Gasteiger partial charge is 0.460 e. The summed E-state index contributed by atoms with van der Waals surface area (Å²) in [6, 6.07) is 0. The van der Waals surface area contributed by atoms with E-state index >= 15 is 0 Å². The Labute approximate surface area is 699 Å². The van der Waals surface area contributed by atoms with Crippen molar-refractivity contribution in [2.75, 3.05) is 39.6 Å². The van der Waals surface area contributed by atoms with Gasteiger partial charge in [-0.1, -0.05) is 18.2 Å². The second-order valence-electron chi connectivity index (χ2n) is 34.3. The molecule has 0 spiro atoms. The molecule has 45 atom stereocenters. The lowest BCUT2D eigenvalue weighted by atomic mass is 9.73. The van der Waals surface area contributed by atoms with E-state index in [2.05, 4.69) is 0 Å². The molecule has 44 nitrogen and oxygen atoms in total. The van der Waals surface area contributed by atoms with E-state index in [-0.39, 0.29) is 70.1 Å². The predicted octanol–water partition coefficient (Wildman–Crippen LogP) is -11.5. The summed E-state index contributed by atoms with van der Waals surface area (Å²) in [5.41, 5.74) is 0. The van der Waals surface area contributed by atoms with E-state index in [1.165, 1.54) is 18.2 Å². The molecule has 44 heteroatoms. The maximum absolute atomic E-state index is 13.7. The monoisotopic (exact) mass is 1760 g/mol. The number of aliphatic hydroxyl groups excluding tert-OH is 25. The van der Waals surface area contributed by atoms with Gasteiger partial charge >= 0.3 is 17.9 Å². The minimum atomic E-state index is -2.17. The Hall–Kier alpha value is -3.89. The van der Waals surface area contributed by atoms with Crippen LogP contribution < -0.4 is 0 Å². The fourth-order valence-electron chi connectivity index (χ4n) is 18.5. The van der Waals surface area contributed by atoms with Crippen molar-refractivity contribution >= 4 is 17.9 Å². The lowest BCUT2D eigenvalue weighted by Gasteiger charge is -2.50. The molecular formula is C78H123O44+. The SMILES string of the molecule is O=C(C=CC1CCC(O)C(OC2OC(CO)C(O)C(O)C2O)C1)OCC1OC(OC2CCC(C=CC(=O)OCC3OC(OC4CC5C(OC6OC(CO)C(O)C(O)C6O)CC(O)CC5[OH+]C4C4CCC(O)CC4)C(OC4OC(COC(=O)C=CC5CCC(O)C(OC6OC(CO)C(O)C(O)C6O)C5)C(O)C(O)C4O)C(O)C3O)CC2O)C(O)C(O)C1O. The zero-order chi connectivity index (χ0) is 88.0. The highest BCUT2D eigenvalue weighted by Gasteiger charge is 2.59. The summed E-state index contributed by atoms with van der Waals surface area (Å²) in [5, 5.41) is 270. The quantitative estimate of drug-likeness (QED) is 0.0150. The first-order chi connectivity index (χ1) is 58.1. The number of carbonyl (C=O) groups excluding carboxylic acids is 3. The minimum absolute atomic E-state index is 0.0254. The van der Waals surface area contributed by atoms with E-state index in [9.17, 15) is 142 Å². The molecule has 698 valence electrons. The average molecular weight is 1760 g/mol. The highest BCUT2D eigenvalue weighted by Crippen LogP contribution is 2.46. The second kappa shape index (κ2) is 43.7. The number of carbonyl (C=O) groups is 3. The third-order valence-electron chi connectivity index (χ3n) is 25.9. The maximum Gasteiger partial charge on any atom is 0.330 e. The van der Waals surface area contributed by atoms with E-state index in [0.717, 1.165) is 18.2 Å². The molecule has 45 unspecified atom stereocenters. The molecule has 26 N–H and O–H groups in total. The van der Waals surface area contributed by atoms with Crippen molar-refractivity contribution in [1.29, 1.82) is 0 Å². The number of rotatable bonds is 28. The summed E-state index contributed by atoms with van der Waals surface area (Å²) in [5.74, 6) is -5.40. The normalized spacial score (nSPS) is 49.4. The van der Waals surface area contributed by atoms with Gasteiger partial charge in [0.2, 0.25) is 0 Å². The molecule has 0 aromatic rings. The average Bonchev–Trinajstić information content (AvgIpc) is 0.764. The lowest BCUT2D eigenvalue weighted by Crippen LogP contribution is -2.66. The van der Waals surface area contributed by atoms with Crippen LogP contribution >= 0.6 is 0 Å². The van der Waals surface area contributed by atoms with Crippen LogP contribution in [0.4, 0.5) is 0 Å². The van der Waals surface area contributed by atoms with Gasteiger partial charge in [-0.15, -0.1) is 0 Å². The minimum Gasteiger partial charge on any atom is -0.460 e. The molecule has 5 aliphatic carbocycles. The molecular weight excluding hydrogens is 1640 g/mol. The van der Waals surface area contributed by atoms with Gasteiger partial charge in [-0.05, 0) is 108 Å². The van der Waals surface area contributed by atoms with E-state index < -0.39 is 339 Å². The van der Waals surface area contributed by atoms with E-state index in [4.69, 9.17) is 75.8 Å². The molecule has 0 amide bonds. The molecule has 0 radical (unpaired) electrons. The van der Waals surface area contributed by atoms with Gasteiger partial charge in [0.15, 0.2) is 49.9 Å². The molecule has 7 heterocycles. The summed E-state index contributed by atoms with van der Waals surface area (Å²) < 4.78 is 93.5. The smallest absolute Gasteiger partial charge is 0.330 e. The first-order valence-electron chi connectivity index (χ1n) is 42.0. The summed E-state index contributed by atoms with van der Waals surface area (Å²) in [7, 11) is 0. The predicted molar refractivity (Wildman–Crippen MR) is 396 cm³/mol. The Bertz CT molecular complexity index is 3350. The Morgan fingerprint density at radius 2 is 0.639 bits per heavy atom. The van der Waals surface area contributed by atoms with Crippen LogP contribution in [0.5, 0.6) is 0 Å². The molecule has 12 rings (SSSR count). The van der Waals surface area contributed by atoms with E-state index in [0.29, 0.717) is 38.5 Å². The van der Waals surface area contributed by atoms with Crippen molar-refractivity contribution in [3.63, 3.8) is 0 Å². The van der Waals surface area contributed by atoms with Gasteiger partial charge in [0.1, 0.15) is 172 Å².